The third-order valence-corrected chi connectivity index (χ3v) is 3.53. The van der Waals surface area contributed by atoms with Crippen LogP contribution < -0.4 is 15.8 Å². The number of rotatable bonds is 5. The van der Waals surface area contributed by atoms with Crippen molar-refractivity contribution in [2.24, 2.45) is 0 Å². The first kappa shape index (κ1) is 15.4. The molecule has 2 rings (SSSR count). The van der Waals surface area contributed by atoms with Crippen molar-refractivity contribution < 1.29 is 9.53 Å². The van der Waals surface area contributed by atoms with Crippen molar-refractivity contribution in [3.8, 4) is 5.75 Å². The van der Waals surface area contributed by atoms with E-state index in [2.05, 4.69) is 21.2 Å². The molecule has 0 radical (unpaired) electrons. The molecule has 5 heteroatoms. The molecule has 1 amide bonds. The lowest BCUT2D eigenvalue weighted by Gasteiger charge is -2.10. The Labute approximate surface area is 132 Å². The van der Waals surface area contributed by atoms with Gasteiger partial charge in [0.1, 0.15) is 5.75 Å². The monoisotopic (exact) mass is 348 g/mol. The second-order valence-corrected chi connectivity index (χ2v) is 5.57. The number of ether oxygens (including phenoxy) is 1. The summed E-state index contributed by atoms with van der Waals surface area (Å²) in [7, 11) is 1.60. The number of nitrogens with two attached hydrogens (primary N) is 1. The van der Waals surface area contributed by atoms with Crippen LogP contribution in [0.3, 0.4) is 0 Å². The van der Waals surface area contributed by atoms with Gasteiger partial charge in [0, 0.05) is 22.3 Å². The van der Waals surface area contributed by atoms with Crippen molar-refractivity contribution in [1.29, 1.82) is 0 Å². The van der Waals surface area contributed by atoms with Crippen LogP contribution in [0.5, 0.6) is 5.75 Å². The highest BCUT2D eigenvalue weighted by atomic mass is 79.9. The molecule has 3 N–H and O–H groups in total. The van der Waals surface area contributed by atoms with Crippen LogP contribution >= 0.6 is 15.9 Å². The summed E-state index contributed by atoms with van der Waals surface area (Å²) < 4.78 is 6.22. The SMILES string of the molecule is COc1ccc(N)cc1CNC(=O)Cc1cccc(Br)c1. The highest BCUT2D eigenvalue weighted by Crippen LogP contribution is 2.20. The van der Waals surface area contributed by atoms with Crippen LogP contribution in [0.4, 0.5) is 5.69 Å². The minimum Gasteiger partial charge on any atom is -0.496 e. The summed E-state index contributed by atoms with van der Waals surface area (Å²) in [6, 6.07) is 13.1. The molecule has 0 heterocycles. The number of methoxy groups -OCH3 is 1. The summed E-state index contributed by atoms with van der Waals surface area (Å²) >= 11 is 3.39. The number of nitrogens with one attached hydrogen (secondary N) is 1. The van der Waals surface area contributed by atoms with E-state index in [1.54, 1.807) is 25.3 Å². The van der Waals surface area contributed by atoms with Gasteiger partial charge in [-0.15, -0.1) is 0 Å². The standard InChI is InChI=1S/C16H17BrN2O2/c1-21-15-6-5-14(18)9-12(15)10-19-16(20)8-11-3-2-4-13(17)7-11/h2-7,9H,8,10,18H2,1H3,(H,19,20). The molecule has 4 nitrogen and oxygen atoms in total. The molecule has 2 aromatic rings. The van der Waals surface area contributed by atoms with Gasteiger partial charge in [0.2, 0.25) is 5.91 Å². The molecule has 0 saturated heterocycles. The van der Waals surface area contributed by atoms with Crippen molar-refractivity contribution in [3.63, 3.8) is 0 Å². The van der Waals surface area contributed by atoms with Crippen molar-refractivity contribution >= 4 is 27.5 Å². The first-order valence-electron chi connectivity index (χ1n) is 6.52. The van der Waals surface area contributed by atoms with E-state index in [-0.39, 0.29) is 5.91 Å². The highest BCUT2D eigenvalue weighted by molar-refractivity contribution is 9.10. The van der Waals surface area contributed by atoms with Crippen LogP contribution in [0.25, 0.3) is 0 Å². The molecule has 2 aromatic carbocycles. The number of halogens is 1. The number of carbonyl (C=O) groups is 1. The minimum absolute atomic E-state index is 0.0439. The van der Waals surface area contributed by atoms with Crippen molar-refractivity contribution in [1.82, 2.24) is 5.32 Å². The smallest absolute Gasteiger partial charge is 0.224 e. The molecule has 0 fully saturated rings. The van der Waals surface area contributed by atoms with Crippen LogP contribution in [0.1, 0.15) is 11.1 Å². The molecule has 110 valence electrons. The molecule has 0 unspecified atom stereocenters. The molecular weight excluding hydrogens is 332 g/mol. The summed E-state index contributed by atoms with van der Waals surface area (Å²) in [5, 5.41) is 2.88. The number of benzene rings is 2. The van der Waals surface area contributed by atoms with E-state index in [1.807, 2.05) is 24.3 Å². The molecule has 0 saturated carbocycles. The Hall–Kier alpha value is -2.01. The first-order chi connectivity index (χ1) is 10.1. The quantitative estimate of drug-likeness (QED) is 0.816. The second-order valence-electron chi connectivity index (χ2n) is 4.65. The van der Waals surface area contributed by atoms with Gasteiger partial charge in [-0.2, -0.15) is 0 Å². The van der Waals surface area contributed by atoms with E-state index >= 15 is 0 Å². The zero-order valence-electron chi connectivity index (χ0n) is 11.7. The molecule has 0 spiro atoms. The fourth-order valence-electron chi connectivity index (χ4n) is 2.03. The van der Waals surface area contributed by atoms with Gasteiger partial charge in [-0.05, 0) is 35.9 Å². The van der Waals surface area contributed by atoms with Gasteiger partial charge >= 0.3 is 0 Å². The maximum Gasteiger partial charge on any atom is 0.224 e. The van der Waals surface area contributed by atoms with Gasteiger partial charge in [0.25, 0.3) is 0 Å². The molecular formula is C16H17BrN2O2. The molecule has 0 bridgehead atoms. The average molecular weight is 349 g/mol. The number of amides is 1. The van der Waals surface area contributed by atoms with Crippen LogP contribution in [-0.2, 0) is 17.8 Å². The van der Waals surface area contributed by atoms with Gasteiger partial charge in [-0.25, -0.2) is 0 Å². The average Bonchev–Trinajstić information content (AvgIpc) is 2.45. The van der Waals surface area contributed by atoms with Gasteiger partial charge in [-0.3, -0.25) is 4.79 Å². The van der Waals surface area contributed by atoms with E-state index in [0.717, 1.165) is 15.6 Å². The fourth-order valence-corrected chi connectivity index (χ4v) is 2.47. The number of nitrogen functional groups attached to an aromatic ring is 1. The fraction of sp³-hybridized carbons (Fsp3) is 0.188. The second kappa shape index (κ2) is 7.13. The third-order valence-electron chi connectivity index (χ3n) is 3.03. The molecule has 0 aromatic heterocycles. The van der Waals surface area contributed by atoms with Crippen LogP contribution in [0.15, 0.2) is 46.9 Å². The molecule has 0 aliphatic rings. The Morgan fingerprint density at radius 3 is 2.81 bits per heavy atom. The predicted molar refractivity (Wildman–Crippen MR) is 87.1 cm³/mol. The zero-order valence-corrected chi connectivity index (χ0v) is 13.3. The number of hydrogen-bond acceptors (Lipinski definition) is 3. The lowest BCUT2D eigenvalue weighted by Crippen LogP contribution is -2.24. The predicted octanol–water partition coefficient (Wildman–Crippen LogP) is 2.90. The summed E-state index contributed by atoms with van der Waals surface area (Å²) in [6.45, 7) is 0.390. The van der Waals surface area contributed by atoms with Crippen LogP contribution in [0, 0.1) is 0 Å². The normalized spacial score (nSPS) is 10.2. The Bertz CT molecular complexity index is 644. The number of hydrogen-bond donors (Lipinski definition) is 2. The summed E-state index contributed by atoms with van der Waals surface area (Å²) in [6.07, 6.45) is 0.337. The third kappa shape index (κ3) is 4.49. The minimum atomic E-state index is -0.0439. The van der Waals surface area contributed by atoms with Gasteiger partial charge in [0.05, 0.1) is 13.5 Å². The molecule has 0 aliphatic heterocycles. The van der Waals surface area contributed by atoms with Crippen molar-refractivity contribution in [2.45, 2.75) is 13.0 Å². The lowest BCUT2D eigenvalue weighted by molar-refractivity contribution is -0.120. The molecule has 0 aliphatic carbocycles. The molecule has 0 atom stereocenters. The van der Waals surface area contributed by atoms with E-state index in [0.29, 0.717) is 24.4 Å². The van der Waals surface area contributed by atoms with E-state index < -0.39 is 0 Å². The summed E-state index contributed by atoms with van der Waals surface area (Å²) in [5.74, 6) is 0.671. The van der Waals surface area contributed by atoms with E-state index in [9.17, 15) is 4.79 Å². The van der Waals surface area contributed by atoms with Crippen LogP contribution in [-0.4, -0.2) is 13.0 Å². The zero-order chi connectivity index (χ0) is 15.2. The van der Waals surface area contributed by atoms with Gasteiger partial charge < -0.3 is 15.8 Å². The van der Waals surface area contributed by atoms with Crippen molar-refractivity contribution in [3.05, 3.63) is 58.1 Å². The maximum absolute atomic E-state index is 12.0. The summed E-state index contributed by atoms with van der Waals surface area (Å²) in [5.41, 5.74) is 8.22. The van der Waals surface area contributed by atoms with Gasteiger partial charge in [-0.1, -0.05) is 28.1 Å². The Kier molecular flexibility index (Phi) is 5.22. The number of carbonyl (C=O) groups excluding carboxylic acids is 1. The Morgan fingerprint density at radius 1 is 1.29 bits per heavy atom. The Balaban J connectivity index is 1.96. The largest absolute Gasteiger partial charge is 0.496 e. The summed E-state index contributed by atoms with van der Waals surface area (Å²) in [4.78, 5) is 12.0. The lowest BCUT2D eigenvalue weighted by atomic mass is 10.1. The van der Waals surface area contributed by atoms with Gasteiger partial charge in [0.15, 0.2) is 0 Å². The van der Waals surface area contributed by atoms with Crippen LogP contribution in [0.2, 0.25) is 0 Å². The maximum atomic E-state index is 12.0. The molecule has 21 heavy (non-hydrogen) atoms. The topological polar surface area (TPSA) is 64.3 Å². The van der Waals surface area contributed by atoms with E-state index in [4.69, 9.17) is 10.5 Å². The van der Waals surface area contributed by atoms with E-state index in [1.165, 1.54) is 0 Å². The number of anilines is 1. The first-order valence-corrected chi connectivity index (χ1v) is 7.31. The highest BCUT2D eigenvalue weighted by Gasteiger charge is 2.07. The Morgan fingerprint density at radius 2 is 2.10 bits per heavy atom. The van der Waals surface area contributed by atoms with Crippen molar-refractivity contribution in [2.75, 3.05) is 12.8 Å².